The van der Waals surface area contributed by atoms with Crippen molar-refractivity contribution >= 4 is 44.1 Å². The molecule has 3 aromatic rings. The van der Waals surface area contributed by atoms with Crippen molar-refractivity contribution in [3.8, 4) is 0 Å². The zero-order valence-corrected chi connectivity index (χ0v) is 19.5. The third-order valence-corrected chi connectivity index (χ3v) is 8.16. The van der Waals surface area contributed by atoms with Crippen LogP contribution in [0.2, 0.25) is 5.02 Å². The zero-order chi connectivity index (χ0) is 22.6. The third kappa shape index (κ3) is 4.76. The molecule has 0 bridgehead atoms. The Morgan fingerprint density at radius 1 is 0.812 bits per heavy atom. The van der Waals surface area contributed by atoms with Gasteiger partial charge < -0.3 is 0 Å². The number of carbonyl (C=O) groups is 3. The Hall–Kier alpha value is -2.98. The minimum atomic E-state index is -1.41. The summed E-state index contributed by atoms with van der Waals surface area (Å²) in [5.74, 6) is -1.07. The summed E-state index contributed by atoms with van der Waals surface area (Å²) in [5, 5.41) is 0.400. The maximum absolute atomic E-state index is 13.6. The Kier molecular flexibility index (Phi) is 6.71. The zero-order valence-electron chi connectivity index (χ0n) is 17.0. The van der Waals surface area contributed by atoms with Crippen LogP contribution in [0.5, 0.6) is 0 Å². The predicted molar refractivity (Wildman–Crippen MR) is 124 cm³/mol. The molecule has 1 aliphatic heterocycles. The number of Topliss-reactive ketones (excluding diaryl/α,β-unsaturated/α-hetero) is 2. The van der Waals surface area contributed by atoms with Crippen molar-refractivity contribution in [3.63, 3.8) is 0 Å². The molecule has 0 saturated heterocycles. The van der Waals surface area contributed by atoms with Gasteiger partial charge in [-0.2, -0.15) is 0 Å². The van der Waals surface area contributed by atoms with E-state index in [-0.39, 0.29) is 17.1 Å². The summed E-state index contributed by atoms with van der Waals surface area (Å²) >= 11 is 5.31. The average Bonchev–Trinajstić information content (AvgIpc) is 2.84. The molecular weight excluding hydrogens is 491 g/mol. The van der Waals surface area contributed by atoms with Crippen LogP contribution in [-0.4, -0.2) is 37.0 Å². The van der Waals surface area contributed by atoms with Gasteiger partial charge in [-0.15, -0.1) is 0 Å². The number of ether oxygens (including phenoxy) is 1. The number of rotatable bonds is 6. The van der Waals surface area contributed by atoms with Crippen LogP contribution in [-0.2, 0) is 4.74 Å². The first-order valence-corrected chi connectivity index (χ1v) is 12.2. The fraction of sp³-hybridized carbons (Fsp3) is 0.115. The molecule has 1 aliphatic rings. The quantitative estimate of drug-likeness (QED) is 0.256. The van der Waals surface area contributed by atoms with Gasteiger partial charge in [0.15, 0.2) is 0 Å². The van der Waals surface area contributed by atoms with Crippen molar-refractivity contribution in [2.24, 2.45) is 0 Å². The van der Waals surface area contributed by atoms with Crippen LogP contribution in [0.15, 0.2) is 95.5 Å². The van der Waals surface area contributed by atoms with Crippen LogP contribution < -0.4 is 0 Å². The molecule has 0 N–H and O–H groups in total. The van der Waals surface area contributed by atoms with Crippen LogP contribution in [0.3, 0.4) is 0 Å². The first-order valence-electron chi connectivity index (χ1n) is 10.1. The SMILES string of the molecule is O=C(OC1(C(=O)c2ccccc2)CCC=C(C(=O)c2ccccc2)[Se]1)c1cccc(Cl)c1. The minimum absolute atomic E-state index is 0.144. The first-order chi connectivity index (χ1) is 15.5. The number of carbonyl (C=O) groups excluding carboxylic acids is 3. The van der Waals surface area contributed by atoms with Gasteiger partial charge in [0.05, 0.1) is 0 Å². The molecule has 1 heterocycles. The second-order valence-corrected chi connectivity index (χ2v) is 10.4. The van der Waals surface area contributed by atoms with E-state index in [0.29, 0.717) is 33.5 Å². The Morgan fingerprint density at radius 2 is 1.44 bits per heavy atom. The van der Waals surface area contributed by atoms with E-state index in [1.165, 1.54) is 6.07 Å². The molecule has 0 saturated carbocycles. The molecule has 1 unspecified atom stereocenters. The fourth-order valence-corrected chi connectivity index (χ4v) is 6.39. The second kappa shape index (κ2) is 9.66. The van der Waals surface area contributed by atoms with Crippen molar-refractivity contribution in [1.82, 2.24) is 0 Å². The molecule has 0 amide bonds. The average molecular weight is 510 g/mol. The van der Waals surface area contributed by atoms with Gasteiger partial charge in [0.25, 0.3) is 0 Å². The Labute approximate surface area is 197 Å². The summed E-state index contributed by atoms with van der Waals surface area (Å²) in [7, 11) is 0. The summed E-state index contributed by atoms with van der Waals surface area (Å²) in [6.07, 6.45) is 2.63. The number of ketones is 2. The number of hydrogen-bond donors (Lipinski definition) is 0. The van der Waals surface area contributed by atoms with Gasteiger partial charge in [0, 0.05) is 0 Å². The van der Waals surface area contributed by atoms with Gasteiger partial charge in [0.1, 0.15) is 0 Å². The second-order valence-electron chi connectivity index (χ2n) is 7.25. The molecule has 3 aromatic carbocycles. The Bertz CT molecular complexity index is 1190. The molecule has 0 radical (unpaired) electrons. The van der Waals surface area contributed by atoms with E-state index in [9.17, 15) is 14.4 Å². The van der Waals surface area contributed by atoms with Crippen molar-refractivity contribution in [2.45, 2.75) is 17.3 Å². The summed E-state index contributed by atoms with van der Waals surface area (Å²) < 4.78 is 5.05. The topological polar surface area (TPSA) is 60.4 Å². The van der Waals surface area contributed by atoms with Gasteiger partial charge >= 0.3 is 198 Å². The van der Waals surface area contributed by atoms with E-state index in [2.05, 4.69) is 0 Å². The molecule has 32 heavy (non-hydrogen) atoms. The normalized spacial score (nSPS) is 17.8. The van der Waals surface area contributed by atoms with E-state index >= 15 is 0 Å². The number of halogens is 1. The molecule has 4 rings (SSSR count). The molecule has 6 heteroatoms. The predicted octanol–water partition coefficient (Wildman–Crippen LogP) is 5.34. The molecule has 160 valence electrons. The van der Waals surface area contributed by atoms with Crippen LogP contribution in [0.25, 0.3) is 0 Å². The Morgan fingerprint density at radius 3 is 2.09 bits per heavy atom. The van der Waals surface area contributed by atoms with Crippen molar-refractivity contribution < 1.29 is 19.1 Å². The van der Waals surface area contributed by atoms with Gasteiger partial charge in [0.2, 0.25) is 0 Å². The molecular formula is C26H19ClO4Se. The standard InChI is InChI=1S/C26H19ClO4Se/c27-21-14-7-13-20(17-21)25(30)31-26(24(29)19-11-5-2-6-12-19)16-8-15-22(32-26)23(28)18-9-3-1-4-10-18/h1-7,9-15,17H,8,16H2. The molecule has 0 aromatic heterocycles. The van der Waals surface area contributed by atoms with E-state index in [0.717, 1.165) is 0 Å². The number of benzene rings is 3. The van der Waals surface area contributed by atoms with Crippen LogP contribution in [0.1, 0.15) is 43.9 Å². The third-order valence-electron chi connectivity index (χ3n) is 5.04. The summed E-state index contributed by atoms with van der Waals surface area (Å²) in [4.78, 5) is 39.8. The van der Waals surface area contributed by atoms with Gasteiger partial charge in [-0.3, -0.25) is 0 Å². The van der Waals surface area contributed by atoms with E-state index in [1.807, 2.05) is 18.2 Å². The van der Waals surface area contributed by atoms with Crippen molar-refractivity contribution in [1.29, 1.82) is 0 Å². The van der Waals surface area contributed by atoms with Crippen molar-refractivity contribution in [3.05, 3.63) is 117 Å². The molecule has 0 fully saturated rings. The molecule has 1 atom stereocenters. The fourth-order valence-electron chi connectivity index (χ4n) is 3.45. The Balaban J connectivity index is 1.69. The molecule has 4 nitrogen and oxygen atoms in total. The molecule has 0 aliphatic carbocycles. The summed E-state index contributed by atoms with van der Waals surface area (Å²) in [6.45, 7) is 0. The first kappa shape index (κ1) is 22.2. The van der Waals surface area contributed by atoms with E-state index in [1.54, 1.807) is 66.7 Å². The van der Waals surface area contributed by atoms with E-state index < -0.39 is 25.4 Å². The van der Waals surface area contributed by atoms with Crippen molar-refractivity contribution in [2.75, 3.05) is 0 Å². The van der Waals surface area contributed by atoms with Crippen LogP contribution in [0.4, 0.5) is 0 Å². The summed E-state index contributed by atoms with van der Waals surface area (Å²) in [6, 6.07) is 24.1. The van der Waals surface area contributed by atoms with Gasteiger partial charge in [-0.05, 0) is 0 Å². The number of allylic oxidation sites excluding steroid dienone is 2. The maximum atomic E-state index is 13.6. The van der Waals surface area contributed by atoms with Gasteiger partial charge in [-0.25, -0.2) is 0 Å². The van der Waals surface area contributed by atoms with Crippen LogP contribution >= 0.6 is 11.6 Å². The summed E-state index contributed by atoms with van der Waals surface area (Å²) in [5.41, 5.74) is 1.26. The monoisotopic (exact) mass is 510 g/mol. The van der Waals surface area contributed by atoms with Crippen LogP contribution in [0, 0.1) is 0 Å². The number of hydrogen-bond acceptors (Lipinski definition) is 4. The molecule has 0 spiro atoms. The van der Waals surface area contributed by atoms with E-state index in [4.69, 9.17) is 16.3 Å². The van der Waals surface area contributed by atoms with Gasteiger partial charge in [-0.1, -0.05) is 0 Å². The number of esters is 1.